The number of amides is 2. The third kappa shape index (κ3) is 5.74. The topological polar surface area (TPSA) is 64.7 Å². The number of anilines is 1. The molecule has 1 aliphatic heterocycles. The maximum Gasteiger partial charge on any atom is 0.254 e. The number of nitrogens with one attached hydrogen (secondary N) is 2. The summed E-state index contributed by atoms with van der Waals surface area (Å²) < 4.78 is 0. The first-order valence-electron chi connectivity index (χ1n) is 9.70. The van der Waals surface area contributed by atoms with Crippen molar-refractivity contribution in [2.24, 2.45) is 5.92 Å². The number of carbonyl (C=O) groups excluding carboxylic acids is 2. The number of likely N-dealkylation sites (N-methyl/N-ethyl adjacent to an activating group) is 1. The summed E-state index contributed by atoms with van der Waals surface area (Å²) in [5.41, 5.74) is 1.34. The summed E-state index contributed by atoms with van der Waals surface area (Å²) in [7, 11) is 2.06. The van der Waals surface area contributed by atoms with Crippen molar-refractivity contribution in [1.82, 2.24) is 15.1 Å². The van der Waals surface area contributed by atoms with E-state index in [-0.39, 0.29) is 16.9 Å². The molecule has 1 aromatic carbocycles. The molecule has 27 heavy (non-hydrogen) atoms. The summed E-state index contributed by atoms with van der Waals surface area (Å²) in [5, 5.41) is 6.06. The molecule has 1 aliphatic carbocycles. The Balaban J connectivity index is 1.52. The lowest BCUT2D eigenvalue weighted by molar-refractivity contribution is -0.120. The van der Waals surface area contributed by atoms with Gasteiger partial charge in [-0.15, -0.1) is 0 Å². The molecule has 1 aromatic rings. The number of rotatable bonds is 4. The average molecular weight is 389 g/mol. The van der Waals surface area contributed by atoms with Crippen molar-refractivity contribution < 1.29 is 9.59 Å². The third-order valence-corrected chi connectivity index (χ3v) is 5.56. The van der Waals surface area contributed by atoms with Crippen LogP contribution in [0.5, 0.6) is 0 Å². The molecule has 0 unspecified atom stereocenters. The quantitative estimate of drug-likeness (QED) is 0.776. The van der Waals surface area contributed by atoms with Gasteiger partial charge in [-0.1, -0.05) is 18.9 Å². The molecule has 1 heterocycles. The number of piperazine rings is 1. The van der Waals surface area contributed by atoms with E-state index in [2.05, 4.69) is 22.6 Å². The van der Waals surface area contributed by atoms with E-state index in [1.807, 2.05) is 23.1 Å². The first-order valence-corrected chi connectivity index (χ1v) is 10.1. The fourth-order valence-corrected chi connectivity index (χ4v) is 3.97. The maximum absolute atomic E-state index is 12.7. The molecule has 7 heteroatoms. The van der Waals surface area contributed by atoms with E-state index in [4.69, 9.17) is 12.2 Å². The largest absolute Gasteiger partial charge is 0.336 e. The van der Waals surface area contributed by atoms with E-state index in [0.29, 0.717) is 23.6 Å². The average Bonchev–Trinajstić information content (AvgIpc) is 3.14. The van der Waals surface area contributed by atoms with E-state index in [0.717, 1.165) is 39.0 Å². The SMILES string of the molecule is CN1CCN(C(=O)c2cccc(NC(=S)NC(=O)CC3CCCC3)c2)CC1. The van der Waals surface area contributed by atoms with Crippen LogP contribution in [0.2, 0.25) is 0 Å². The molecule has 2 aliphatic rings. The number of carbonyl (C=O) groups is 2. The minimum atomic E-state index is -0.0379. The summed E-state index contributed by atoms with van der Waals surface area (Å²) in [6, 6.07) is 7.27. The van der Waals surface area contributed by atoms with Gasteiger partial charge >= 0.3 is 0 Å². The van der Waals surface area contributed by atoms with Crippen molar-refractivity contribution >= 4 is 34.8 Å². The number of hydrogen-bond acceptors (Lipinski definition) is 4. The van der Waals surface area contributed by atoms with E-state index < -0.39 is 0 Å². The monoisotopic (exact) mass is 388 g/mol. The van der Waals surface area contributed by atoms with Crippen LogP contribution >= 0.6 is 12.2 Å². The lowest BCUT2D eigenvalue weighted by Gasteiger charge is -2.32. The molecule has 1 saturated carbocycles. The number of thiocarbonyl (C=S) groups is 1. The molecule has 0 spiro atoms. The van der Waals surface area contributed by atoms with Gasteiger partial charge in [0.25, 0.3) is 5.91 Å². The molecular weight excluding hydrogens is 360 g/mol. The van der Waals surface area contributed by atoms with Crippen LogP contribution in [0.15, 0.2) is 24.3 Å². The molecule has 3 rings (SSSR count). The molecule has 2 fully saturated rings. The number of nitrogens with zero attached hydrogens (tertiary/aromatic N) is 2. The zero-order valence-corrected chi connectivity index (χ0v) is 16.7. The van der Waals surface area contributed by atoms with Crippen LogP contribution in [-0.2, 0) is 4.79 Å². The van der Waals surface area contributed by atoms with Gasteiger partial charge in [-0.25, -0.2) is 0 Å². The van der Waals surface area contributed by atoms with Crippen LogP contribution < -0.4 is 10.6 Å². The molecule has 2 N–H and O–H groups in total. The Morgan fingerprint density at radius 3 is 2.56 bits per heavy atom. The van der Waals surface area contributed by atoms with Crippen LogP contribution in [0.25, 0.3) is 0 Å². The lowest BCUT2D eigenvalue weighted by atomic mass is 10.0. The van der Waals surface area contributed by atoms with Crippen LogP contribution in [0, 0.1) is 5.92 Å². The fraction of sp³-hybridized carbons (Fsp3) is 0.550. The molecule has 146 valence electrons. The Bertz CT molecular complexity index is 695. The van der Waals surface area contributed by atoms with Gasteiger partial charge in [0, 0.05) is 43.9 Å². The third-order valence-electron chi connectivity index (χ3n) is 5.36. The predicted molar refractivity (Wildman–Crippen MR) is 111 cm³/mol. The summed E-state index contributed by atoms with van der Waals surface area (Å²) in [6.45, 7) is 3.26. The Hall–Kier alpha value is -1.99. The van der Waals surface area contributed by atoms with E-state index in [1.165, 1.54) is 12.8 Å². The first kappa shape index (κ1) is 19.8. The summed E-state index contributed by atoms with van der Waals surface area (Å²) in [4.78, 5) is 28.9. The molecule has 0 bridgehead atoms. The second-order valence-corrected chi connectivity index (χ2v) is 7.94. The van der Waals surface area contributed by atoms with Crippen LogP contribution in [0.1, 0.15) is 42.5 Å². The van der Waals surface area contributed by atoms with Gasteiger partial charge in [-0.3, -0.25) is 9.59 Å². The minimum Gasteiger partial charge on any atom is -0.336 e. The predicted octanol–water partition coefficient (Wildman–Crippen LogP) is 2.47. The molecule has 0 atom stereocenters. The minimum absolute atomic E-state index is 0.0305. The summed E-state index contributed by atoms with van der Waals surface area (Å²) >= 11 is 5.26. The van der Waals surface area contributed by atoms with Crippen molar-refractivity contribution in [3.8, 4) is 0 Å². The summed E-state index contributed by atoms with van der Waals surface area (Å²) in [5.74, 6) is 0.476. The molecule has 1 saturated heterocycles. The van der Waals surface area contributed by atoms with Crippen LogP contribution in [-0.4, -0.2) is 60.0 Å². The van der Waals surface area contributed by atoms with Crippen LogP contribution in [0.4, 0.5) is 5.69 Å². The van der Waals surface area contributed by atoms with Crippen molar-refractivity contribution in [2.75, 3.05) is 38.5 Å². The highest BCUT2D eigenvalue weighted by molar-refractivity contribution is 7.80. The van der Waals surface area contributed by atoms with E-state index in [9.17, 15) is 9.59 Å². The summed E-state index contributed by atoms with van der Waals surface area (Å²) in [6.07, 6.45) is 5.22. The maximum atomic E-state index is 12.7. The zero-order chi connectivity index (χ0) is 19.2. The Kier molecular flexibility index (Phi) is 6.79. The second kappa shape index (κ2) is 9.28. The van der Waals surface area contributed by atoms with E-state index in [1.54, 1.807) is 6.07 Å². The highest BCUT2D eigenvalue weighted by atomic mass is 32.1. The molecule has 6 nitrogen and oxygen atoms in total. The van der Waals surface area contributed by atoms with Crippen molar-refractivity contribution in [3.05, 3.63) is 29.8 Å². The number of hydrogen-bond donors (Lipinski definition) is 2. The highest BCUT2D eigenvalue weighted by Gasteiger charge is 2.21. The van der Waals surface area contributed by atoms with Crippen LogP contribution in [0.3, 0.4) is 0 Å². The zero-order valence-electron chi connectivity index (χ0n) is 15.9. The molecule has 2 amide bonds. The second-order valence-electron chi connectivity index (χ2n) is 7.53. The van der Waals surface area contributed by atoms with Crippen molar-refractivity contribution in [2.45, 2.75) is 32.1 Å². The Labute approximate surface area is 166 Å². The van der Waals surface area contributed by atoms with Crippen molar-refractivity contribution in [3.63, 3.8) is 0 Å². The van der Waals surface area contributed by atoms with Crippen molar-refractivity contribution in [1.29, 1.82) is 0 Å². The van der Waals surface area contributed by atoms with Gasteiger partial charge < -0.3 is 20.4 Å². The van der Waals surface area contributed by atoms with E-state index >= 15 is 0 Å². The fourth-order valence-electron chi connectivity index (χ4n) is 3.74. The van der Waals surface area contributed by atoms with Gasteiger partial charge in [0.2, 0.25) is 5.91 Å². The Morgan fingerprint density at radius 1 is 1.15 bits per heavy atom. The van der Waals surface area contributed by atoms with Gasteiger partial charge in [-0.05, 0) is 56.2 Å². The van der Waals surface area contributed by atoms with Gasteiger partial charge in [0.05, 0.1) is 0 Å². The van der Waals surface area contributed by atoms with Gasteiger partial charge in [-0.2, -0.15) is 0 Å². The highest BCUT2D eigenvalue weighted by Crippen LogP contribution is 2.27. The van der Waals surface area contributed by atoms with Gasteiger partial charge in [0.1, 0.15) is 0 Å². The number of benzene rings is 1. The normalized spacial score (nSPS) is 18.3. The smallest absolute Gasteiger partial charge is 0.254 e. The molecular formula is C20H28N4O2S. The molecule has 0 aromatic heterocycles. The standard InChI is InChI=1S/C20H28N4O2S/c1-23-9-11-24(12-10-23)19(26)16-7-4-8-17(14-16)21-20(27)22-18(25)13-15-5-2-3-6-15/h4,7-8,14-15H,2-3,5-6,9-13H2,1H3,(H2,21,22,25,27). The first-order chi connectivity index (χ1) is 13.0. The Morgan fingerprint density at radius 2 is 1.85 bits per heavy atom. The van der Waals surface area contributed by atoms with Gasteiger partial charge in [0.15, 0.2) is 5.11 Å². The lowest BCUT2D eigenvalue weighted by Crippen LogP contribution is -2.47. The molecule has 0 radical (unpaired) electrons.